The third-order valence-corrected chi connectivity index (χ3v) is 2.48. The Morgan fingerprint density at radius 2 is 2.10 bits per heavy atom. The highest BCUT2D eigenvalue weighted by atomic mass is 16.6. The Labute approximate surface area is 121 Å². The molecule has 4 N–H and O–H groups in total. The Balaban J connectivity index is 2.65. The van der Waals surface area contributed by atoms with E-state index in [9.17, 15) is 19.7 Å². The number of hydrogen-bond acceptors (Lipinski definition) is 6. The van der Waals surface area contributed by atoms with Crippen LogP contribution in [0.4, 0.5) is 11.5 Å². The number of anilines is 1. The Hall–Kier alpha value is -2.71. The molecule has 9 heteroatoms. The van der Waals surface area contributed by atoms with Crippen LogP contribution in [-0.4, -0.2) is 34.8 Å². The summed E-state index contributed by atoms with van der Waals surface area (Å²) in [5, 5.41) is 15.6. The van der Waals surface area contributed by atoms with Crippen molar-refractivity contribution in [1.82, 2.24) is 15.6 Å². The van der Waals surface area contributed by atoms with Crippen molar-refractivity contribution in [2.24, 2.45) is 5.92 Å². The molecule has 1 heterocycles. The molecule has 0 fully saturated rings. The Morgan fingerprint density at radius 3 is 2.67 bits per heavy atom. The molecule has 0 bridgehead atoms. The summed E-state index contributed by atoms with van der Waals surface area (Å²) < 4.78 is 0. The van der Waals surface area contributed by atoms with Gasteiger partial charge in [-0.05, 0) is 5.92 Å². The van der Waals surface area contributed by atoms with Crippen LogP contribution in [-0.2, 0) is 4.79 Å². The SMILES string of the molecule is CC(C)CNC(=O)CNC(=O)c1cc([N+](=O)[O-])cnc1N. The molecule has 21 heavy (non-hydrogen) atoms. The zero-order chi connectivity index (χ0) is 16.0. The number of carbonyl (C=O) groups excluding carboxylic acids is 2. The van der Waals surface area contributed by atoms with Gasteiger partial charge in [-0.15, -0.1) is 0 Å². The molecule has 1 rings (SSSR count). The van der Waals surface area contributed by atoms with Crippen molar-refractivity contribution < 1.29 is 14.5 Å². The van der Waals surface area contributed by atoms with Crippen molar-refractivity contribution in [1.29, 1.82) is 0 Å². The maximum absolute atomic E-state index is 11.8. The molecule has 0 radical (unpaired) electrons. The van der Waals surface area contributed by atoms with Crippen molar-refractivity contribution in [2.75, 3.05) is 18.8 Å². The fraction of sp³-hybridized carbons (Fsp3) is 0.417. The first-order chi connectivity index (χ1) is 9.81. The van der Waals surface area contributed by atoms with Gasteiger partial charge in [0.1, 0.15) is 12.0 Å². The molecular weight excluding hydrogens is 278 g/mol. The van der Waals surface area contributed by atoms with Crippen molar-refractivity contribution in [3.63, 3.8) is 0 Å². The maximum Gasteiger partial charge on any atom is 0.288 e. The maximum atomic E-state index is 11.8. The fourth-order valence-electron chi connectivity index (χ4n) is 1.38. The summed E-state index contributed by atoms with van der Waals surface area (Å²) in [4.78, 5) is 36.8. The number of nitrogen functional groups attached to an aromatic ring is 1. The lowest BCUT2D eigenvalue weighted by atomic mass is 10.2. The Morgan fingerprint density at radius 1 is 1.43 bits per heavy atom. The van der Waals surface area contributed by atoms with Crippen LogP contribution in [0.3, 0.4) is 0 Å². The first-order valence-electron chi connectivity index (χ1n) is 6.26. The van der Waals surface area contributed by atoms with E-state index in [1.807, 2.05) is 13.8 Å². The highest BCUT2D eigenvalue weighted by Crippen LogP contribution is 2.16. The standard InChI is InChI=1S/C12H17N5O4/c1-7(2)4-14-10(18)6-16-12(19)9-3-8(17(20)21)5-15-11(9)13/h3,5,7H,4,6H2,1-2H3,(H2,13,15)(H,14,18)(H,16,19). The van der Waals surface area contributed by atoms with Crippen LogP contribution < -0.4 is 16.4 Å². The van der Waals surface area contributed by atoms with E-state index in [4.69, 9.17) is 5.73 Å². The summed E-state index contributed by atoms with van der Waals surface area (Å²) in [5.74, 6) is -0.889. The van der Waals surface area contributed by atoms with Crippen molar-refractivity contribution in [2.45, 2.75) is 13.8 Å². The zero-order valence-electron chi connectivity index (χ0n) is 11.8. The van der Waals surface area contributed by atoms with Gasteiger partial charge in [0.15, 0.2) is 0 Å². The number of aromatic nitrogens is 1. The van der Waals surface area contributed by atoms with Gasteiger partial charge in [-0.3, -0.25) is 19.7 Å². The Bertz CT molecular complexity index is 559. The third-order valence-electron chi connectivity index (χ3n) is 2.48. The van der Waals surface area contributed by atoms with Gasteiger partial charge in [-0.1, -0.05) is 13.8 Å². The molecule has 0 aliphatic carbocycles. The smallest absolute Gasteiger partial charge is 0.288 e. The number of pyridine rings is 1. The van der Waals surface area contributed by atoms with E-state index in [0.717, 1.165) is 12.3 Å². The van der Waals surface area contributed by atoms with Gasteiger partial charge in [0.05, 0.1) is 17.0 Å². The van der Waals surface area contributed by atoms with Gasteiger partial charge < -0.3 is 16.4 Å². The van der Waals surface area contributed by atoms with E-state index in [0.29, 0.717) is 12.5 Å². The topological polar surface area (TPSA) is 140 Å². The number of nitrogens with zero attached hydrogens (tertiary/aromatic N) is 2. The minimum Gasteiger partial charge on any atom is -0.383 e. The minimum atomic E-state index is -0.691. The van der Waals surface area contributed by atoms with Crippen molar-refractivity contribution in [3.05, 3.63) is 27.9 Å². The lowest BCUT2D eigenvalue weighted by molar-refractivity contribution is -0.385. The van der Waals surface area contributed by atoms with Gasteiger partial charge >= 0.3 is 0 Å². The second-order valence-electron chi connectivity index (χ2n) is 4.76. The molecule has 0 saturated heterocycles. The van der Waals surface area contributed by atoms with E-state index >= 15 is 0 Å². The van der Waals surface area contributed by atoms with Gasteiger partial charge in [0.2, 0.25) is 5.91 Å². The number of nitrogens with two attached hydrogens (primary N) is 1. The first-order valence-corrected chi connectivity index (χ1v) is 6.26. The summed E-state index contributed by atoms with van der Waals surface area (Å²) in [7, 11) is 0. The van der Waals surface area contributed by atoms with Crippen LogP contribution in [0.2, 0.25) is 0 Å². The van der Waals surface area contributed by atoms with E-state index < -0.39 is 10.8 Å². The number of nitro groups is 1. The molecule has 0 aliphatic heterocycles. The minimum absolute atomic E-state index is 0.138. The molecular formula is C12H17N5O4. The average Bonchev–Trinajstić information content (AvgIpc) is 2.42. The molecule has 2 amide bonds. The molecule has 0 aromatic carbocycles. The second kappa shape index (κ2) is 7.17. The highest BCUT2D eigenvalue weighted by Gasteiger charge is 2.17. The van der Waals surface area contributed by atoms with Crippen LogP contribution in [0.5, 0.6) is 0 Å². The number of amides is 2. The van der Waals surface area contributed by atoms with E-state index in [2.05, 4.69) is 15.6 Å². The molecule has 0 saturated carbocycles. The molecule has 0 atom stereocenters. The lowest BCUT2D eigenvalue weighted by Gasteiger charge is -2.09. The second-order valence-corrected chi connectivity index (χ2v) is 4.76. The summed E-state index contributed by atoms with van der Waals surface area (Å²) >= 11 is 0. The summed E-state index contributed by atoms with van der Waals surface area (Å²) in [5.41, 5.74) is 5.01. The van der Waals surface area contributed by atoms with Crippen LogP contribution in [0, 0.1) is 16.0 Å². The zero-order valence-corrected chi connectivity index (χ0v) is 11.8. The van der Waals surface area contributed by atoms with Gasteiger partial charge in [-0.25, -0.2) is 4.98 Å². The fourth-order valence-corrected chi connectivity index (χ4v) is 1.38. The Kier molecular flexibility index (Phi) is 5.58. The molecule has 1 aromatic heterocycles. The van der Waals surface area contributed by atoms with E-state index in [1.54, 1.807) is 0 Å². The normalized spacial score (nSPS) is 10.2. The number of carbonyl (C=O) groups is 2. The monoisotopic (exact) mass is 295 g/mol. The molecule has 1 aromatic rings. The van der Waals surface area contributed by atoms with E-state index in [1.165, 1.54) is 0 Å². The molecule has 0 spiro atoms. The average molecular weight is 295 g/mol. The third kappa shape index (κ3) is 5.05. The first kappa shape index (κ1) is 16.3. The van der Waals surface area contributed by atoms with Crippen LogP contribution in [0.15, 0.2) is 12.3 Å². The summed E-state index contributed by atoms with van der Waals surface area (Å²) in [6.07, 6.45) is 0.960. The summed E-state index contributed by atoms with van der Waals surface area (Å²) in [6, 6.07) is 1.02. The molecule has 9 nitrogen and oxygen atoms in total. The van der Waals surface area contributed by atoms with Crippen LogP contribution >= 0.6 is 0 Å². The van der Waals surface area contributed by atoms with Crippen LogP contribution in [0.1, 0.15) is 24.2 Å². The predicted octanol–water partition coefficient (Wildman–Crippen LogP) is 0.0740. The van der Waals surface area contributed by atoms with Crippen LogP contribution in [0.25, 0.3) is 0 Å². The number of hydrogen-bond donors (Lipinski definition) is 3. The predicted molar refractivity (Wildman–Crippen MR) is 75.5 cm³/mol. The number of nitrogens with one attached hydrogen (secondary N) is 2. The summed E-state index contributed by atoms with van der Waals surface area (Å²) in [6.45, 7) is 4.13. The lowest BCUT2D eigenvalue weighted by Crippen LogP contribution is -2.38. The van der Waals surface area contributed by atoms with Gasteiger partial charge in [0, 0.05) is 12.6 Å². The molecule has 0 aliphatic rings. The van der Waals surface area contributed by atoms with Gasteiger partial charge in [0.25, 0.3) is 11.6 Å². The quantitative estimate of drug-likeness (QED) is 0.501. The largest absolute Gasteiger partial charge is 0.383 e. The highest BCUT2D eigenvalue weighted by molar-refractivity contribution is 6.00. The molecule has 0 unspecified atom stereocenters. The van der Waals surface area contributed by atoms with Crippen molar-refractivity contribution in [3.8, 4) is 0 Å². The van der Waals surface area contributed by atoms with E-state index in [-0.39, 0.29) is 29.5 Å². The molecule has 114 valence electrons. The number of rotatable bonds is 6. The van der Waals surface area contributed by atoms with Crippen molar-refractivity contribution >= 4 is 23.3 Å². The van der Waals surface area contributed by atoms with Gasteiger partial charge in [-0.2, -0.15) is 0 Å².